The Hall–Kier alpha value is 1.58. The van der Waals surface area contributed by atoms with E-state index >= 15 is 0 Å². The molecule has 0 bridgehead atoms. The van der Waals surface area contributed by atoms with Gasteiger partial charge in [-0.25, -0.2) is 0 Å². The zero-order chi connectivity index (χ0) is 13.8. The summed E-state index contributed by atoms with van der Waals surface area (Å²) in [6.45, 7) is 2.19. The van der Waals surface area contributed by atoms with E-state index in [4.69, 9.17) is 0 Å². The molecule has 0 aromatic heterocycles. The average molecular weight is 318 g/mol. The number of hydrogen-bond acceptors (Lipinski definition) is 4. The van der Waals surface area contributed by atoms with Crippen molar-refractivity contribution in [2.45, 2.75) is 71.1 Å². The monoisotopic (exact) mass is 318 g/mol. The van der Waals surface area contributed by atoms with Gasteiger partial charge in [0, 0.05) is 5.92 Å². The summed E-state index contributed by atoms with van der Waals surface area (Å²) in [5, 5.41) is 21.0. The van der Waals surface area contributed by atoms with E-state index in [9.17, 15) is 19.8 Å². The van der Waals surface area contributed by atoms with Crippen LogP contribution in [0.2, 0.25) is 0 Å². The predicted octanol–water partition coefficient (Wildman–Crippen LogP) is -4.97. The fourth-order valence-corrected chi connectivity index (χ4v) is 1.99. The van der Waals surface area contributed by atoms with Crippen molar-refractivity contribution in [2.24, 2.45) is 5.92 Å². The van der Waals surface area contributed by atoms with Crippen molar-refractivity contribution in [2.75, 3.05) is 0 Å². The van der Waals surface area contributed by atoms with Crippen molar-refractivity contribution in [3.63, 3.8) is 0 Å². The molecule has 0 aliphatic rings. The van der Waals surface area contributed by atoms with E-state index in [1.165, 1.54) is 32.1 Å². The van der Waals surface area contributed by atoms with Crippen LogP contribution in [-0.4, -0.2) is 11.9 Å². The van der Waals surface area contributed by atoms with E-state index in [1.807, 2.05) is 0 Å². The van der Waals surface area contributed by atoms with Gasteiger partial charge in [0.25, 0.3) is 0 Å². The molecule has 20 heavy (non-hydrogen) atoms. The van der Waals surface area contributed by atoms with Gasteiger partial charge in [-0.1, -0.05) is 64.7 Å². The number of hydrogen-bond donors (Lipinski definition) is 0. The van der Waals surface area contributed by atoms with Crippen LogP contribution in [0.15, 0.2) is 0 Å². The van der Waals surface area contributed by atoms with Crippen LogP contribution in [0.4, 0.5) is 0 Å². The van der Waals surface area contributed by atoms with Crippen LogP contribution in [0.25, 0.3) is 0 Å². The molecule has 0 N–H and O–H groups in total. The first-order valence-electron chi connectivity index (χ1n) is 7.01. The minimum absolute atomic E-state index is 0. The summed E-state index contributed by atoms with van der Waals surface area (Å²) in [7, 11) is 0. The first kappa shape index (κ1) is 26.5. The number of aliphatic carboxylic acids is 2. The molecule has 0 heterocycles. The Labute approximate surface area is 187 Å². The van der Waals surface area contributed by atoms with E-state index in [-0.39, 0.29) is 87.4 Å². The molecule has 106 valence electrons. The summed E-state index contributed by atoms with van der Waals surface area (Å²) in [5.74, 6) is -4.52. The maximum Gasteiger partial charge on any atom is 1.00 e. The van der Waals surface area contributed by atoms with Crippen LogP contribution in [0, 0.1) is 5.92 Å². The molecule has 0 radical (unpaired) electrons. The summed E-state index contributed by atoms with van der Waals surface area (Å²) >= 11 is 0. The molecule has 0 aliphatic heterocycles. The Morgan fingerprint density at radius 1 is 0.800 bits per heavy atom. The van der Waals surface area contributed by atoms with Crippen LogP contribution in [0.5, 0.6) is 0 Å². The fourth-order valence-electron chi connectivity index (χ4n) is 1.99. The number of rotatable bonds is 12. The molecule has 6 heteroatoms. The van der Waals surface area contributed by atoms with Crippen molar-refractivity contribution < 1.29 is 101 Å². The molecule has 0 aromatic rings. The van der Waals surface area contributed by atoms with Gasteiger partial charge in [-0.15, -0.1) is 0 Å². The Morgan fingerprint density at radius 3 is 1.50 bits per heavy atom. The SMILES string of the molecule is CCCCCCCCCCCC(C(=O)[O-])C(=O)[O-].[K+].[Na+]. The molecule has 4 nitrogen and oxygen atoms in total. The van der Waals surface area contributed by atoms with Crippen molar-refractivity contribution in [1.29, 1.82) is 0 Å². The molecule has 0 atom stereocenters. The maximum absolute atomic E-state index is 10.5. The van der Waals surface area contributed by atoms with E-state index in [1.54, 1.807) is 0 Å². The molecule has 0 saturated heterocycles. The third kappa shape index (κ3) is 16.0. The van der Waals surface area contributed by atoms with Crippen LogP contribution in [-0.2, 0) is 9.59 Å². The van der Waals surface area contributed by atoms with Gasteiger partial charge in [0.05, 0.1) is 11.9 Å². The van der Waals surface area contributed by atoms with Gasteiger partial charge in [0.15, 0.2) is 0 Å². The molecule has 0 saturated carbocycles. The van der Waals surface area contributed by atoms with Gasteiger partial charge < -0.3 is 19.8 Å². The minimum atomic E-state index is -1.53. The third-order valence-corrected chi connectivity index (χ3v) is 3.17. The largest absolute Gasteiger partial charge is 1.00 e. The van der Waals surface area contributed by atoms with Gasteiger partial charge in [0.1, 0.15) is 0 Å². The van der Waals surface area contributed by atoms with Crippen molar-refractivity contribution in [3.05, 3.63) is 0 Å². The Balaban J connectivity index is -0.00000144. The van der Waals surface area contributed by atoms with Crippen molar-refractivity contribution in [3.8, 4) is 0 Å². The molecule has 0 aromatic carbocycles. The Bertz CT molecular complexity index is 235. The molecule has 0 unspecified atom stereocenters. The molecule has 0 spiro atoms. The van der Waals surface area contributed by atoms with Gasteiger partial charge in [-0.2, -0.15) is 0 Å². The van der Waals surface area contributed by atoms with Crippen LogP contribution in [0.3, 0.4) is 0 Å². The summed E-state index contributed by atoms with van der Waals surface area (Å²) in [5.41, 5.74) is 0. The normalized spacial score (nSPS) is 9.70. The minimum Gasteiger partial charge on any atom is -0.549 e. The predicted molar refractivity (Wildman–Crippen MR) is 65.3 cm³/mol. The number of carboxylic acids is 2. The van der Waals surface area contributed by atoms with E-state index in [0.717, 1.165) is 19.3 Å². The zero-order valence-corrected chi connectivity index (χ0v) is 18.4. The van der Waals surface area contributed by atoms with E-state index in [2.05, 4.69) is 6.92 Å². The summed E-state index contributed by atoms with van der Waals surface area (Å²) in [6.07, 6.45) is 10.1. The van der Waals surface area contributed by atoms with Gasteiger partial charge in [-0.05, 0) is 6.42 Å². The molecular formula is C14H24KNaO4. The van der Waals surface area contributed by atoms with E-state index < -0.39 is 17.9 Å². The molecule has 0 aliphatic carbocycles. The van der Waals surface area contributed by atoms with Crippen LogP contribution < -0.4 is 91.2 Å². The second kappa shape index (κ2) is 18.6. The van der Waals surface area contributed by atoms with Gasteiger partial charge >= 0.3 is 80.9 Å². The standard InChI is InChI=1S/C14H26O4.K.Na/c1-2-3-4-5-6-7-8-9-10-11-12(13(15)16)14(17)18;;/h12H,2-11H2,1H3,(H,15,16)(H,17,18);;/q;2*+1/p-2. The number of carbonyl (C=O) groups is 2. The summed E-state index contributed by atoms with van der Waals surface area (Å²) < 4.78 is 0. The van der Waals surface area contributed by atoms with Gasteiger partial charge in [-0.3, -0.25) is 0 Å². The van der Waals surface area contributed by atoms with Crippen LogP contribution >= 0.6 is 0 Å². The van der Waals surface area contributed by atoms with Gasteiger partial charge in [0.2, 0.25) is 0 Å². The molecule has 0 amide bonds. The van der Waals surface area contributed by atoms with Crippen molar-refractivity contribution in [1.82, 2.24) is 0 Å². The number of unbranched alkanes of at least 4 members (excludes halogenated alkanes) is 8. The second-order valence-electron chi connectivity index (χ2n) is 4.81. The van der Waals surface area contributed by atoms with Crippen LogP contribution in [0.1, 0.15) is 71.1 Å². The Kier molecular flexibility index (Phi) is 24.7. The topological polar surface area (TPSA) is 80.3 Å². The summed E-state index contributed by atoms with van der Waals surface area (Å²) in [6, 6.07) is 0. The molecule has 0 fully saturated rings. The molecule has 0 rings (SSSR count). The number of carboxylic acid groups (broad SMARTS) is 2. The first-order chi connectivity index (χ1) is 8.59. The number of carbonyl (C=O) groups excluding carboxylic acids is 2. The quantitative estimate of drug-likeness (QED) is 0.205. The first-order valence-corrected chi connectivity index (χ1v) is 7.01. The molecular weight excluding hydrogens is 294 g/mol. The fraction of sp³-hybridized carbons (Fsp3) is 0.857. The smallest absolute Gasteiger partial charge is 0.549 e. The third-order valence-electron chi connectivity index (χ3n) is 3.17. The second-order valence-corrected chi connectivity index (χ2v) is 4.81. The van der Waals surface area contributed by atoms with E-state index in [0.29, 0.717) is 6.42 Å². The maximum atomic E-state index is 10.5. The average Bonchev–Trinajstić information content (AvgIpc) is 2.30. The Morgan fingerprint density at radius 2 is 1.15 bits per heavy atom. The van der Waals surface area contributed by atoms with Crippen molar-refractivity contribution >= 4 is 11.9 Å². The summed E-state index contributed by atoms with van der Waals surface area (Å²) in [4.78, 5) is 21.0. The zero-order valence-electron chi connectivity index (χ0n) is 13.3.